The molecule has 18 heavy (non-hydrogen) atoms. The van der Waals surface area contributed by atoms with Gasteiger partial charge in [0.2, 0.25) is 0 Å². The highest BCUT2D eigenvalue weighted by Gasteiger charge is 1.94. The largest absolute Gasteiger partial charge is 0.337 e. The van der Waals surface area contributed by atoms with Crippen molar-refractivity contribution < 1.29 is 4.39 Å². The molecule has 0 unspecified atom stereocenters. The number of rotatable bonds is 7. The van der Waals surface area contributed by atoms with Crippen molar-refractivity contribution in [2.24, 2.45) is 0 Å². The van der Waals surface area contributed by atoms with Crippen molar-refractivity contribution in [2.75, 3.05) is 6.54 Å². The van der Waals surface area contributed by atoms with Crippen molar-refractivity contribution in [1.82, 2.24) is 14.9 Å². The van der Waals surface area contributed by atoms with E-state index in [-0.39, 0.29) is 5.82 Å². The topological polar surface area (TPSA) is 29.9 Å². The summed E-state index contributed by atoms with van der Waals surface area (Å²) in [5.74, 6) is -0.181. The number of benzene rings is 1. The number of nitrogens with one attached hydrogen (secondary N) is 1. The van der Waals surface area contributed by atoms with Gasteiger partial charge < -0.3 is 9.88 Å². The molecule has 0 aliphatic rings. The minimum Gasteiger partial charge on any atom is -0.337 e. The summed E-state index contributed by atoms with van der Waals surface area (Å²) < 4.78 is 14.8. The van der Waals surface area contributed by atoms with E-state index in [0.717, 1.165) is 38.0 Å². The third-order valence-electron chi connectivity index (χ3n) is 2.82. The van der Waals surface area contributed by atoms with Crippen LogP contribution in [0.15, 0.2) is 43.0 Å². The molecule has 0 radical (unpaired) electrons. The van der Waals surface area contributed by atoms with E-state index in [4.69, 9.17) is 0 Å². The Morgan fingerprint density at radius 3 is 2.72 bits per heavy atom. The molecule has 3 nitrogen and oxygen atoms in total. The van der Waals surface area contributed by atoms with Gasteiger partial charge in [-0.15, -0.1) is 0 Å². The SMILES string of the molecule is Fc1ccc(CNCCCCn2ccnc2)cc1. The average Bonchev–Trinajstić information content (AvgIpc) is 2.89. The summed E-state index contributed by atoms with van der Waals surface area (Å²) in [6.07, 6.45) is 7.87. The minimum atomic E-state index is -0.181. The number of imidazole rings is 1. The van der Waals surface area contributed by atoms with Crippen LogP contribution >= 0.6 is 0 Å². The molecule has 0 aliphatic carbocycles. The van der Waals surface area contributed by atoms with Gasteiger partial charge in [-0.05, 0) is 37.1 Å². The maximum Gasteiger partial charge on any atom is 0.123 e. The maximum atomic E-state index is 12.7. The van der Waals surface area contributed by atoms with E-state index in [9.17, 15) is 4.39 Å². The summed E-state index contributed by atoms with van der Waals surface area (Å²) in [5, 5.41) is 3.35. The van der Waals surface area contributed by atoms with E-state index in [1.54, 1.807) is 6.20 Å². The second-order valence-corrected chi connectivity index (χ2v) is 4.31. The first-order valence-electron chi connectivity index (χ1n) is 6.25. The summed E-state index contributed by atoms with van der Waals surface area (Å²) in [7, 11) is 0. The minimum absolute atomic E-state index is 0.181. The molecule has 0 fully saturated rings. The highest BCUT2D eigenvalue weighted by atomic mass is 19.1. The van der Waals surface area contributed by atoms with Crippen molar-refractivity contribution >= 4 is 0 Å². The van der Waals surface area contributed by atoms with Crippen molar-refractivity contribution in [3.05, 3.63) is 54.4 Å². The van der Waals surface area contributed by atoms with Crippen LogP contribution in [0.1, 0.15) is 18.4 Å². The van der Waals surface area contributed by atoms with Crippen molar-refractivity contribution in [3.63, 3.8) is 0 Å². The Hall–Kier alpha value is -1.68. The van der Waals surface area contributed by atoms with Gasteiger partial charge in [0.15, 0.2) is 0 Å². The normalized spacial score (nSPS) is 10.7. The van der Waals surface area contributed by atoms with Crippen LogP contribution in [-0.2, 0) is 13.1 Å². The average molecular weight is 247 g/mol. The highest BCUT2D eigenvalue weighted by Crippen LogP contribution is 2.02. The Morgan fingerprint density at radius 1 is 1.17 bits per heavy atom. The molecular formula is C14H18FN3. The predicted molar refractivity (Wildman–Crippen MR) is 69.6 cm³/mol. The van der Waals surface area contributed by atoms with Gasteiger partial charge in [0.1, 0.15) is 5.82 Å². The number of nitrogens with zero attached hydrogens (tertiary/aromatic N) is 2. The number of unbranched alkanes of at least 4 members (excludes halogenated alkanes) is 1. The number of hydrogen-bond acceptors (Lipinski definition) is 2. The molecule has 0 saturated heterocycles. The van der Waals surface area contributed by atoms with Gasteiger partial charge in [0.25, 0.3) is 0 Å². The standard InChI is InChI=1S/C14H18FN3/c15-14-5-3-13(4-6-14)11-16-7-1-2-9-18-10-8-17-12-18/h3-6,8,10,12,16H,1-2,7,9,11H2. The number of aromatic nitrogens is 2. The van der Waals surface area contributed by atoms with Crippen molar-refractivity contribution in [2.45, 2.75) is 25.9 Å². The van der Waals surface area contributed by atoms with Crippen LogP contribution < -0.4 is 5.32 Å². The number of aryl methyl sites for hydroxylation is 1. The molecule has 2 rings (SSSR count). The molecule has 0 aliphatic heterocycles. The molecule has 0 atom stereocenters. The summed E-state index contributed by atoms with van der Waals surface area (Å²) in [4.78, 5) is 4.00. The zero-order chi connectivity index (χ0) is 12.6. The van der Waals surface area contributed by atoms with Crippen LogP contribution in [0.5, 0.6) is 0 Å². The second kappa shape index (κ2) is 6.91. The van der Waals surface area contributed by atoms with Crippen LogP contribution in [-0.4, -0.2) is 16.1 Å². The van der Waals surface area contributed by atoms with Gasteiger partial charge in [-0.1, -0.05) is 12.1 Å². The van der Waals surface area contributed by atoms with E-state index in [1.165, 1.54) is 12.1 Å². The Labute approximate surface area is 107 Å². The molecule has 0 saturated carbocycles. The second-order valence-electron chi connectivity index (χ2n) is 4.31. The molecule has 0 bridgehead atoms. The lowest BCUT2D eigenvalue weighted by molar-refractivity contribution is 0.567. The van der Waals surface area contributed by atoms with Gasteiger partial charge in [0.05, 0.1) is 6.33 Å². The lowest BCUT2D eigenvalue weighted by Gasteiger charge is -2.05. The molecule has 4 heteroatoms. The third kappa shape index (κ3) is 4.30. The van der Waals surface area contributed by atoms with Crippen LogP contribution in [0.4, 0.5) is 4.39 Å². The van der Waals surface area contributed by atoms with Gasteiger partial charge in [0, 0.05) is 25.5 Å². The lowest BCUT2D eigenvalue weighted by Crippen LogP contribution is -2.15. The Bertz CT molecular complexity index is 437. The van der Waals surface area contributed by atoms with Crippen molar-refractivity contribution in [3.8, 4) is 0 Å². The van der Waals surface area contributed by atoms with Gasteiger partial charge in [-0.25, -0.2) is 9.37 Å². The Balaban J connectivity index is 1.55. The fraction of sp³-hybridized carbons (Fsp3) is 0.357. The molecule has 1 N–H and O–H groups in total. The van der Waals surface area contributed by atoms with Gasteiger partial charge in [-0.3, -0.25) is 0 Å². The van der Waals surface area contributed by atoms with Crippen LogP contribution in [0, 0.1) is 5.82 Å². The van der Waals surface area contributed by atoms with E-state index in [2.05, 4.69) is 14.9 Å². The summed E-state index contributed by atoms with van der Waals surface area (Å²) >= 11 is 0. The fourth-order valence-corrected chi connectivity index (χ4v) is 1.80. The zero-order valence-corrected chi connectivity index (χ0v) is 10.3. The maximum absolute atomic E-state index is 12.7. The van der Waals surface area contributed by atoms with Crippen LogP contribution in [0.3, 0.4) is 0 Å². The first kappa shape index (κ1) is 12.8. The number of halogens is 1. The van der Waals surface area contributed by atoms with Gasteiger partial charge in [-0.2, -0.15) is 0 Å². The van der Waals surface area contributed by atoms with E-state index in [0.29, 0.717) is 0 Å². The predicted octanol–water partition coefficient (Wildman–Crippen LogP) is 2.59. The number of hydrogen-bond donors (Lipinski definition) is 1. The van der Waals surface area contributed by atoms with Crippen LogP contribution in [0.25, 0.3) is 0 Å². The molecule has 1 aromatic heterocycles. The quantitative estimate of drug-likeness (QED) is 0.762. The Morgan fingerprint density at radius 2 is 2.00 bits per heavy atom. The Kier molecular flexibility index (Phi) is 4.90. The zero-order valence-electron chi connectivity index (χ0n) is 10.3. The van der Waals surface area contributed by atoms with Gasteiger partial charge >= 0.3 is 0 Å². The highest BCUT2D eigenvalue weighted by molar-refractivity contribution is 5.15. The van der Waals surface area contributed by atoms with Crippen molar-refractivity contribution in [1.29, 1.82) is 0 Å². The van der Waals surface area contributed by atoms with E-state index >= 15 is 0 Å². The summed E-state index contributed by atoms with van der Waals surface area (Å²) in [5.41, 5.74) is 1.12. The molecule has 1 heterocycles. The van der Waals surface area contributed by atoms with Crippen LogP contribution in [0.2, 0.25) is 0 Å². The first-order chi connectivity index (χ1) is 8.84. The molecule has 1 aromatic carbocycles. The summed E-state index contributed by atoms with van der Waals surface area (Å²) in [6.45, 7) is 2.79. The molecular weight excluding hydrogens is 229 g/mol. The molecule has 0 spiro atoms. The van der Waals surface area contributed by atoms with E-state index < -0.39 is 0 Å². The molecule has 0 amide bonds. The summed E-state index contributed by atoms with van der Waals surface area (Å²) in [6, 6.07) is 6.62. The molecule has 2 aromatic rings. The molecule has 96 valence electrons. The fourth-order valence-electron chi connectivity index (χ4n) is 1.80. The smallest absolute Gasteiger partial charge is 0.123 e. The third-order valence-corrected chi connectivity index (χ3v) is 2.82. The monoisotopic (exact) mass is 247 g/mol. The van der Waals surface area contributed by atoms with E-state index in [1.807, 2.05) is 24.7 Å². The first-order valence-corrected chi connectivity index (χ1v) is 6.25. The lowest BCUT2D eigenvalue weighted by atomic mass is 10.2.